The molecule has 68 valence electrons. The van der Waals surface area contributed by atoms with Gasteiger partial charge in [0.15, 0.2) is 6.29 Å². The van der Waals surface area contributed by atoms with Gasteiger partial charge >= 0.3 is 0 Å². The summed E-state index contributed by atoms with van der Waals surface area (Å²) in [5, 5.41) is 0. The summed E-state index contributed by atoms with van der Waals surface area (Å²) in [7, 11) is 1.56. The lowest BCUT2D eigenvalue weighted by atomic mass is 10.6. The molecule has 0 bridgehead atoms. The first-order valence-electron chi connectivity index (χ1n) is 3.84. The lowest BCUT2D eigenvalue weighted by Gasteiger charge is -2.16. The maximum atomic E-state index is 5.22. The Morgan fingerprint density at radius 2 is 1.73 bits per heavy atom. The van der Waals surface area contributed by atoms with Crippen molar-refractivity contribution in [1.29, 1.82) is 0 Å². The molecule has 0 amide bonds. The standard InChI is InChI=1S/C7H17NO3/c1-4-10-7(11-5-2)6-8-9-3/h7-8H,4-6H2,1-3H3. The van der Waals surface area contributed by atoms with E-state index in [1.54, 1.807) is 7.11 Å². The summed E-state index contributed by atoms with van der Waals surface area (Å²) in [6, 6.07) is 0. The van der Waals surface area contributed by atoms with Gasteiger partial charge in [0.25, 0.3) is 0 Å². The van der Waals surface area contributed by atoms with E-state index in [9.17, 15) is 0 Å². The highest BCUT2D eigenvalue weighted by Crippen LogP contribution is 1.92. The Labute approximate surface area is 67.8 Å². The van der Waals surface area contributed by atoms with Gasteiger partial charge in [0.1, 0.15) is 0 Å². The molecule has 1 N–H and O–H groups in total. The maximum absolute atomic E-state index is 5.22. The number of ether oxygens (including phenoxy) is 2. The van der Waals surface area contributed by atoms with E-state index in [0.29, 0.717) is 19.8 Å². The van der Waals surface area contributed by atoms with Gasteiger partial charge in [-0.05, 0) is 13.8 Å². The van der Waals surface area contributed by atoms with Crippen LogP contribution in [0.2, 0.25) is 0 Å². The molecule has 0 radical (unpaired) electrons. The first-order valence-corrected chi connectivity index (χ1v) is 3.84. The predicted molar refractivity (Wildman–Crippen MR) is 42.1 cm³/mol. The number of rotatable bonds is 7. The lowest BCUT2D eigenvalue weighted by Crippen LogP contribution is -2.30. The summed E-state index contributed by atoms with van der Waals surface area (Å²) in [6.07, 6.45) is -0.204. The summed E-state index contributed by atoms with van der Waals surface area (Å²) in [5.74, 6) is 0. The van der Waals surface area contributed by atoms with Gasteiger partial charge in [-0.3, -0.25) is 0 Å². The molecule has 0 aromatic carbocycles. The van der Waals surface area contributed by atoms with Crippen LogP contribution < -0.4 is 5.48 Å². The van der Waals surface area contributed by atoms with Crippen molar-refractivity contribution in [2.75, 3.05) is 26.9 Å². The van der Waals surface area contributed by atoms with Crippen molar-refractivity contribution in [2.24, 2.45) is 0 Å². The van der Waals surface area contributed by atoms with Gasteiger partial charge in [0.2, 0.25) is 0 Å². The van der Waals surface area contributed by atoms with E-state index in [2.05, 4.69) is 10.3 Å². The summed E-state index contributed by atoms with van der Waals surface area (Å²) in [5.41, 5.74) is 2.67. The van der Waals surface area contributed by atoms with E-state index in [1.165, 1.54) is 0 Å². The molecule has 0 aliphatic carbocycles. The number of hydrogen-bond acceptors (Lipinski definition) is 4. The van der Waals surface area contributed by atoms with E-state index >= 15 is 0 Å². The molecule has 11 heavy (non-hydrogen) atoms. The average Bonchev–Trinajstić information content (AvgIpc) is 2.01. The van der Waals surface area contributed by atoms with Crippen molar-refractivity contribution in [1.82, 2.24) is 5.48 Å². The van der Waals surface area contributed by atoms with Crippen molar-refractivity contribution >= 4 is 0 Å². The molecular formula is C7H17NO3. The second kappa shape index (κ2) is 7.94. The van der Waals surface area contributed by atoms with Crippen LogP contribution in [0.1, 0.15) is 13.8 Å². The van der Waals surface area contributed by atoms with E-state index < -0.39 is 0 Å². The van der Waals surface area contributed by atoms with Gasteiger partial charge in [-0.25, -0.2) is 0 Å². The molecule has 0 aromatic rings. The van der Waals surface area contributed by atoms with Crippen LogP contribution in [0, 0.1) is 0 Å². The lowest BCUT2D eigenvalue weighted by molar-refractivity contribution is -0.146. The van der Waals surface area contributed by atoms with Crippen LogP contribution in [0.3, 0.4) is 0 Å². The van der Waals surface area contributed by atoms with E-state index in [1.807, 2.05) is 13.8 Å². The zero-order chi connectivity index (χ0) is 8.53. The summed E-state index contributed by atoms with van der Waals surface area (Å²) < 4.78 is 10.4. The van der Waals surface area contributed by atoms with Crippen LogP contribution in [0.4, 0.5) is 0 Å². The fourth-order valence-electron chi connectivity index (χ4n) is 0.689. The molecule has 0 aromatic heterocycles. The fourth-order valence-corrected chi connectivity index (χ4v) is 0.689. The van der Waals surface area contributed by atoms with Crippen LogP contribution in [0.5, 0.6) is 0 Å². The molecule has 4 heteroatoms. The highest BCUT2D eigenvalue weighted by atomic mass is 16.7. The Kier molecular flexibility index (Phi) is 7.83. The fraction of sp³-hybridized carbons (Fsp3) is 1.00. The van der Waals surface area contributed by atoms with Crippen LogP contribution in [-0.4, -0.2) is 33.2 Å². The van der Waals surface area contributed by atoms with Gasteiger partial charge in [-0.2, -0.15) is 5.48 Å². The highest BCUT2D eigenvalue weighted by molar-refractivity contribution is 4.43. The van der Waals surface area contributed by atoms with Crippen LogP contribution in [0.25, 0.3) is 0 Å². The molecule has 0 unspecified atom stereocenters. The second-order valence-corrected chi connectivity index (χ2v) is 1.89. The third-order valence-electron chi connectivity index (χ3n) is 1.10. The van der Waals surface area contributed by atoms with Crippen molar-refractivity contribution in [3.8, 4) is 0 Å². The smallest absolute Gasteiger partial charge is 0.172 e. The van der Waals surface area contributed by atoms with Gasteiger partial charge in [-0.15, -0.1) is 0 Å². The quantitative estimate of drug-likeness (QED) is 0.439. The molecule has 0 saturated carbocycles. The molecular weight excluding hydrogens is 146 g/mol. The van der Waals surface area contributed by atoms with E-state index in [-0.39, 0.29) is 6.29 Å². The Bertz CT molecular complexity index is 74.1. The van der Waals surface area contributed by atoms with Crippen LogP contribution in [-0.2, 0) is 14.3 Å². The Morgan fingerprint density at radius 3 is 2.09 bits per heavy atom. The maximum Gasteiger partial charge on any atom is 0.172 e. The largest absolute Gasteiger partial charge is 0.351 e. The summed E-state index contributed by atoms with van der Waals surface area (Å²) >= 11 is 0. The zero-order valence-corrected chi connectivity index (χ0v) is 7.42. The summed E-state index contributed by atoms with van der Waals surface area (Å²) in [4.78, 5) is 4.65. The number of hydroxylamine groups is 1. The Balaban J connectivity index is 3.34. The summed E-state index contributed by atoms with van der Waals surface area (Å²) in [6.45, 7) is 5.71. The monoisotopic (exact) mass is 163 g/mol. The van der Waals surface area contributed by atoms with Gasteiger partial charge in [-0.1, -0.05) is 0 Å². The van der Waals surface area contributed by atoms with Crippen LogP contribution in [0.15, 0.2) is 0 Å². The van der Waals surface area contributed by atoms with Crippen molar-refractivity contribution in [3.63, 3.8) is 0 Å². The molecule has 0 aliphatic heterocycles. The van der Waals surface area contributed by atoms with Crippen molar-refractivity contribution in [3.05, 3.63) is 0 Å². The molecule has 0 saturated heterocycles. The Hall–Kier alpha value is -0.160. The SMILES string of the molecule is CCOC(CNOC)OCC. The second-order valence-electron chi connectivity index (χ2n) is 1.89. The highest BCUT2D eigenvalue weighted by Gasteiger charge is 2.05. The normalized spacial score (nSPS) is 10.9. The average molecular weight is 163 g/mol. The molecule has 0 atom stereocenters. The molecule has 0 heterocycles. The minimum atomic E-state index is -0.204. The number of nitrogens with one attached hydrogen (secondary N) is 1. The molecule has 0 spiro atoms. The third-order valence-corrected chi connectivity index (χ3v) is 1.10. The Morgan fingerprint density at radius 1 is 1.18 bits per heavy atom. The third kappa shape index (κ3) is 6.25. The van der Waals surface area contributed by atoms with Gasteiger partial charge in [0, 0.05) is 13.2 Å². The first kappa shape index (κ1) is 10.8. The molecule has 0 fully saturated rings. The van der Waals surface area contributed by atoms with Gasteiger partial charge in [0.05, 0.1) is 13.7 Å². The topological polar surface area (TPSA) is 39.7 Å². The minimum absolute atomic E-state index is 0.204. The predicted octanol–water partition coefficient (Wildman–Crippen LogP) is 0.536. The molecule has 4 nitrogen and oxygen atoms in total. The van der Waals surface area contributed by atoms with Crippen molar-refractivity contribution in [2.45, 2.75) is 20.1 Å². The zero-order valence-electron chi connectivity index (χ0n) is 7.42. The first-order chi connectivity index (χ1) is 5.35. The minimum Gasteiger partial charge on any atom is -0.351 e. The van der Waals surface area contributed by atoms with Crippen molar-refractivity contribution < 1.29 is 14.3 Å². The molecule has 0 aliphatic rings. The molecule has 0 rings (SSSR count). The van der Waals surface area contributed by atoms with E-state index in [4.69, 9.17) is 9.47 Å². The van der Waals surface area contributed by atoms with E-state index in [0.717, 1.165) is 0 Å². The number of hydrogen-bond donors (Lipinski definition) is 1. The van der Waals surface area contributed by atoms with Gasteiger partial charge < -0.3 is 14.3 Å². The van der Waals surface area contributed by atoms with Crippen LogP contribution >= 0.6 is 0 Å².